The summed E-state index contributed by atoms with van der Waals surface area (Å²) in [6.45, 7) is 0.739. The number of nitrogen functional groups attached to an aromatic ring is 1. The Hall–Kier alpha value is -1.33. The van der Waals surface area contributed by atoms with E-state index >= 15 is 0 Å². The van der Waals surface area contributed by atoms with Gasteiger partial charge < -0.3 is 4.42 Å². The van der Waals surface area contributed by atoms with E-state index < -0.39 is 0 Å². The molecule has 18 heavy (non-hydrogen) atoms. The lowest BCUT2D eigenvalue weighted by molar-refractivity contribution is 0.0953. The smallest absolute Gasteiger partial charge is 0.268 e. The van der Waals surface area contributed by atoms with Crippen LogP contribution in [0.25, 0.3) is 0 Å². The topological polar surface area (TPSA) is 71.5 Å². The molecule has 1 heterocycles. The number of amides is 1. The molecule has 1 aliphatic rings. The third-order valence-electron chi connectivity index (χ3n) is 3.65. The first-order valence-electron chi connectivity index (χ1n) is 6.49. The van der Waals surface area contributed by atoms with Crippen molar-refractivity contribution in [3.8, 4) is 0 Å². The monoisotopic (exact) mass is 251 g/mol. The van der Waals surface area contributed by atoms with Crippen molar-refractivity contribution >= 4 is 5.91 Å². The number of hydrazine groups is 1. The summed E-state index contributed by atoms with van der Waals surface area (Å²) >= 11 is 0. The third-order valence-corrected chi connectivity index (χ3v) is 3.65. The Morgan fingerprint density at radius 3 is 2.89 bits per heavy atom. The van der Waals surface area contributed by atoms with Crippen molar-refractivity contribution in [3.63, 3.8) is 0 Å². The Bertz CT molecular complexity index is 397. The van der Waals surface area contributed by atoms with Gasteiger partial charge >= 0.3 is 0 Å². The van der Waals surface area contributed by atoms with Gasteiger partial charge in [-0.2, -0.15) is 0 Å². The molecule has 0 spiro atoms. The second-order valence-electron chi connectivity index (χ2n) is 4.98. The maximum Gasteiger partial charge on any atom is 0.268 e. The molecule has 1 amide bonds. The Labute approximate surface area is 107 Å². The van der Waals surface area contributed by atoms with E-state index in [1.54, 1.807) is 6.07 Å². The van der Waals surface area contributed by atoms with Crippen LogP contribution in [0.4, 0.5) is 0 Å². The summed E-state index contributed by atoms with van der Waals surface area (Å²) in [7, 11) is 2.11. The normalized spacial score (nSPS) is 17.1. The van der Waals surface area contributed by atoms with Crippen molar-refractivity contribution < 1.29 is 9.21 Å². The van der Waals surface area contributed by atoms with E-state index in [-0.39, 0.29) is 5.91 Å². The number of carbonyl (C=O) groups is 1. The predicted molar refractivity (Wildman–Crippen MR) is 68.7 cm³/mol. The second-order valence-corrected chi connectivity index (χ2v) is 4.98. The van der Waals surface area contributed by atoms with Crippen molar-refractivity contribution in [2.24, 2.45) is 5.84 Å². The van der Waals surface area contributed by atoms with Crippen LogP contribution in [-0.4, -0.2) is 23.9 Å². The predicted octanol–water partition coefficient (Wildman–Crippen LogP) is 1.65. The van der Waals surface area contributed by atoms with Gasteiger partial charge in [0.25, 0.3) is 5.91 Å². The summed E-state index contributed by atoms with van der Waals surface area (Å²) in [4.78, 5) is 13.6. The van der Waals surface area contributed by atoms with Crippen LogP contribution in [-0.2, 0) is 6.54 Å². The molecule has 0 saturated heterocycles. The van der Waals surface area contributed by atoms with Gasteiger partial charge in [-0.05, 0) is 26.0 Å². The maximum absolute atomic E-state index is 11.3. The van der Waals surface area contributed by atoms with Gasteiger partial charge in [0, 0.05) is 6.04 Å². The Morgan fingerprint density at radius 2 is 2.22 bits per heavy atom. The van der Waals surface area contributed by atoms with Crippen molar-refractivity contribution in [3.05, 3.63) is 23.7 Å². The molecule has 5 nitrogen and oxygen atoms in total. The zero-order valence-electron chi connectivity index (χ0n) is 10.8. The molecule has 100 valence electrons. The maximum atomic E-state index is 11.3. The Morgan fingerprint density at radius 1 is 1.50 bits per heavy atom. The van der Waals surface area contributed by atoms with E-state index in [2.05, 4.69) is 17.4 Å². The van der Waals surface area contributed by atoms with E-state index in [0.29, 0.717) is 11.6 Å². The summed E-state index contributed by atoms with van der Waals surface area (Å²) in [6.07, 6.45) is 7.95. The zero-order chi connectivity index (χ0) is 13.0. The number of nitrogens with one attached hydrogen (secondary N) is 1. The van der Waals surface area contributed by atoms with E-state index in [9.17, 15) is 4.79 Å². The molecular formula is C13H21N3O2. The molecule has 0 atom stereocenters. The number of furan rings is 1. The van der Waals surface area contributed by atoms with Gasteiger partial charge in [-0.3, -0.25) is 15.1 Å². The lowest BCUT2D eigenvalue weighted by atomic mass is 9.94. The highest BCUT2D eigenvalue weighted by atomic mass is 16.3. The molecule has 1 aliphatic carbocycles. The van der Waals surface area contributed by atoms with Gasteiger partial charge in [-0.1, -0.05) is 19.3 Å². The van der Waals surface area contributed by atoms with Crippen LogP contribution >= 0.6 is 0 Å². The van der Waals surface area contributed by atoms with Crippen LogP contribution in [0.15, 0.2) is 16.7 Å². The van der Waals surface area contributed by atoms with Crippen LogP contribution in [0.1, 0.15) is 48.2 Å². The molecule has 1 aromatic heterocycles. The number of nitrogens with zero attached hydrogens (tertiary/aromatic N) is 1. The molecule has 5 heteroatoms. The van der Waals surface area contributed by atoms with Crippen LogP contribution in [0.3, 0.4) is 0 Å². The minimum Gasteiger partial charge on any atom is -0.467 e. The minimum atomic E-state index is -0.315. The molecule has 1 fully saturated rings. The molecule has 0 radical (unpaired) electrons. The van der Waals surface area contributed by atoms with Crippen LogP contribution in [0, 0.1) is 0 Å². The summed E-state index contributed by atoms with van der Waals surface area (Å²) in [5.41, 5.74) is 2.58. The lowest BCUT2D eigenvalue weighted by Gasteiger charge is -2.30. The van der Waals surface area contributed by atoms with Gasteiger partial charge in [-0.15, -0.1) is 0 Å². The first kappa shape index (κ1) is 13.1. The second kappa shape index (κ2) is 6.02. The van der Waals surface area contributed by atoms with E-state index in [1.807, 2.05) is 0 Å². The molecule has 3 N–H and O–H groups in total. The Kier molecular flexibility index (Phi) is 4.38. The van der Waals surface area contributed by atoms with Gasteiger partial charge in [-0.25, -0.2) is 5.84 Å². The number of nitrogens with two attached hydrogens (primary N) is 1. The van der Waals surface area contributed by atoms with E-state index in [4.69, 9.17) is 10.3 Å². The van der Waals surface area contributed by atoms with Crippen molar-refractivity contribution in [1.82, 2.24) is 10.3 Å². The quantitative estimate of drug-likeness (QED) is 0.485. The molecule has 1 aromatic rings. The number of rotatable bonds is 4. The average molecular weight is 251 g/mol. The number of carbonyl (C=O) groups excluding carboxylic acids is 1. The van der Waals surface area contributed by atoms with Crippen molar-refractivity contribution in [2.45, 2.75) is 44.7 Å². The standard InChI is InChI=1S/C13H21N3O2/c1-16(11-5-3-2-4-6-11)8-12-7-10(9-18-12)13(17)15-14/h7,9,11H,2-6,8,14H2,1H3,(H,15,17). The van der Waals surface area contributed by atoms with Gasteiger partial charge in [0.1, 0.15) is 12.0 Å². The average Bonchev–Trinajstić information content (AvgIpc) is 2.87. The highest BCUT2D eigenvalue weighted by molar-refractivity contribution is 5.93. The summed E-state index contributed by atoms with van der Waals surface area (Å²) in [5, 5.41) is 0. The molecule has 0 unspecified atom stereocenters. The molecular weight excluding hydrogens is 230 g/mol. The van der Waals surface area contributed by atoms with Gasteiger partial charge in [0.05, 0.1) is 12.1 Å². The third kappa shape index (κ3) is 3.11. The van der Waals surface area contributed by atoms with Crippen LogP contribution in [0.2, 0.25) is 0 Å². The fraction of sp³-hybridized carbons (Fsp3) is 0.615. The van der Waals surface area contributed by atoms with Crippen molar-refractivity contribution in [2.75, 3.05) is 7.05 Å². The Balaban J connectivity index is 1.92. The summed E-state index contributed by atoms with van der Waals surface area (Å²) < 4.78 is 5.39. The fourth-order valence-electron chi connectivity index (χ4n) is 2.56. The van der Waals surface area contributed by atoms with E-state index in [1.165, 1.54) is 38.4 Å². The van der Waals surface area contributed by atoms with Gasteiger partial charge in [0.15, 0.2) is 0 Å². The highest BCUT2D eigenvalue weighted by Gasteiger charge is 2.19. The first-order chi connectivity index (χ1) is 8.70. The molecule has 1 saturated carbocycles. The van der Waals surface area contributed by atoms with Crippen LogP contribution < -0.4 is 11.3 Å². The summed E-state index contributed by atoms with van der Waals surface area (Å²) in [5.74, 6) is 5.57. The highest BCUT2D eigenvalue weighted by Crippen LogP contribution is 2.23. The minimum absolute atomic E-state index is 0.315. The summed E-state index contributed by atoms with van der Waals surface area (Å²) in [6, 6.07) is 2.39. The van der Waals surface area contributed by atoms with E-state index in [0.717, 1.165) is 12.3 Å². The molecule has 0 aliphatic heterocycles. The largest absolute Gasteiger partial charge is 0.467 e. The van der Waals surface area contributed by atoms with Gasteiger partial charge in [0.2, 0.25) is 0 Å². The molecule has 0 bridgehead atoms. The van der Waals surface area contributed by atoms with Crippen molar-refractivity contribution in [1.29, 1.82) is 0 Å². The fourth-order valence-corrected chi connectivity index (χ4v) is 2.56. The number of hydrogen-bond donors (Lipinski definition) is 2. The zero-order valence-corrected chi connectivity index (χ0v) is 10.8. The lowest BCUT2D eigenvalue weighted by Crippen LogP contribution is -2.32. The molecule has 2 rings (SSSR count). The first-order valence-corrected chi connectivity index (χ1v) is 6.49. The SMILES string of the molecule is CN(Cc1cc(C(=O)NN)co1)C1CCCCC1. The number of hydrogen-bond acceptors (Lipinski definition) is 4. The molecule has 0 aromatic carbocycles. The van der Waals surface area contributed by atoms with Crippen LogP contribution in [0.5, 0.6) is 0 Å².